The van der Waals surface area contributed by atoms with E-state index < -0.39 is 7.12 Å². The number of ether oxygens (including phenoxy) is 2. The van der Waals surface area contributed by atoms with Crippen LogP contribution in [0.5, 0.6) is 11.5 Å². The van der Waals surface area contributed by atoms with Gasteiger partial charge in [0.25, 0.3) is 0 Å². The Bertz CT molecular complexity index is 869. The molecule has 5 rings (SSSR count). The Balaban J connectivity index is 1.54. The van der Waals surface area contributed by atoms with E-state index in [4.69, 9.17) is 19.1 Å². The lowest BCUT2D eigenvalue weighted by Crippen LogP contribution is -2.30. The number of hydrogen-bond donors (Lipinski definition) is 1. The minimum Gasteiger partial charge on any atom is -0.493 e. The average molecular weight is 366 g/mol. The van der Waals surface area contributed by atoms with Crippen LogP contribution in [0.15, 0.2) is 24.4 Å². The van der Waals surface area contributed by atoms with Crippen molar-refractivity contribution in [3.8, 4) is 22.9 Å². The molecule has 1 N–H and O–H groups in total. The van der Waals surface area contributed by atoms with Crippen molar-refractivity contribution in [3.05, 3.63) is 35.7 Å². The van der Waals surface area contributed by atoms with Crippen LogP contribution in [-0.2, 0) is 11.1 Å². The Kier molecular flexibility index (Phi) is 4.09. The van der Waals surface area contributed by atoms with Gasteiger partial charge in [-0.3, -0.25) is 0 Å². The molecule has 1 saturated carbocycles. The van der Waals surface area contributed by atoms with Gasteiger partial charge in [-0.05, 0) is 50.2 Å². The zero-order valence-electron chi connectivity index (χ0n) is 15.5. The molecule has 0 unspecified atom stereocenters. The third-order valence-electron chi connectivity index (χ3n) is 6.09. The molecule has 3 heterocycles. The molecule has 0 radical (unpaired) electrons. The van der Waals surface area contributed by atoms with Gasteiger partial charge in [0.1, 0.15) is 5.60 Å². The summed E-state index contributed by atoms with van der Waals surface area (Å²) in [6.45, 7) is 0.491. The highest BCUT2D eigenvalue weighted by molar-refractivity contribution is 6.43. The van der Waals surface area contributed by atoms with E-state index in [0.29, 0.717) is 18.8 Å². The van der Waals surface area contributed by atoms with Crippen molar-refractivity contribution in [2.24, 2.45) is 0 Å². The Labute approximate surface area is 159 Å². The molecule has 1 saturated heterocycles. The summed E-state index contributed by atoms with van der Waals surface area (Å²) in [7, 11) is 0.982. The smallest absolute Gasteiger partial charge is 0.454 e. The van der Waals surface area contributed by atoms with Crippen LogP contribution in [-0.4, -0.2) is 41.4 Å². The predicted octanol–water partition coefficient (Wildman–Crippen LogP) is 2.99. The Hall–Kier alpha value is -2.12. The summed E-state index contributed by atoms with van der Waals surface area (Å²) >= 11 is 0. The maximum atomic E-state index is 9.65. The Morgan fingerprint density at radius 3 is 2.85 bits per heavy atom. The second kappa shape index (κ2) is 6.50. The molecule has 2 aromatic rings. The van der Waals surface area contributed by atoms with Crippen molar-refractivity contribution >= 4 is 7.12 Å². The molecule has 1 aromatic carbocycles. The van der Waals surface area contributed by atoms with Crippen molar-refractivity contribution < 1.29 is 19.2 Å². The van der Waals surface area contributed by atoms with E-state index in [2.05, 4.69) is 4.98 Å². The molecule has 0 bridgehead atoms. The summed E-state index contributed by atoms with van der Waals surface area (Å²) < 4.78 is 17.3. The number of fused-ring (bicyclic) bond motifs is 1. The van der Waals surface area contributed by atoms with Crippen LogP contribution in [0, 0.1) is 0 Å². The zero-order chi connectivity index (χ0) is 18.4. The van der Waals surface area contributed by atoms with Crippen LogP contribution < -0.4 is 9.47 Å². The molecule has 2 fully saturated rings. The van der Waals surface area contributed by atoms with Crippen LogP contribution in [0.3, 0.4) is 0 Å². The lowest BCUT2D eigenvalue weighted by Gasteiger charge is -2.22. The quantitative estimate of drug-likeness (QED) is 0.842. The number of methoxy groups -OCH3 is 1. The number of benzene rings is 1. The first-order chi connectivity index (χ1) is 13.2. The highest BCUT2D eigenvalue weighted by atomic mass is 16.5. The van der Waals surface area contributed by atoms with Gasteiger partial charge < -0.3 is 19.2 Å². The van der Waals surface area contributed by atoms with Gasteiger partial charge >= 0.3 is 7.12 Å². The van der Waals surface area contributed by atoms with Gasteiger partial charge in [-0.2, -0.15) is 0 Å². The minimum absolute atomic E-state index is 0.0905. The van der Waals surface area contributed by atoms with Gasteiger partial charge in [-0.15, -0.1) is 0 Å². The van der Waals surface area contributed by atoms with Crippen molar-refractivity contribution in [1.29, 1.82) is 0 Å². The maximum absolute atomic E-state index is 9.65. The first-order valence-corrected chi connectivity index (χ1v) is 9.69. The monoisotopic (exact) mass is 366 g/mol. The van der Waals surface area contributed by atoms with Gasteiger partial charge in [0.15, 0.2) is 17.3 Å². The molecule has 1 aromatic heterocycles. The van der Waals surface area contributed by atoms with Crippen LogP contribution >= 0.6 is 0 Å². The molecule has 6 nitrogen and oxygen atoms in total. The van der Waals surface area contributed by atoms with Crippen molar-refractivity contribution in [2.75, 3.05) is 13.7 Å². The lowest BCUT2D eigenvalue weighted by molar-refractivity contribution is 0.0996. The third-order valence-corrected chi connectivity index (χ3v) is 6.09. The molecule has 140 valence electrons. The first-order valence-electron chi connectivity index (χ1n) is 9.69. The molecule has 3 aliphatic rings. The van der Waals surface area contributed by atoms with E-state index in [1.807, 2.05) is 18.2 Å². The van der Waals surface area contributed by atoms with Gasteiger partial charge in [0, 0.05) is 42.0 Å². The fourth-order valence-corrected chi connectivity index (χ4v) is 4.68. The number of hydrogen-bond acceptors (Lipinski definition) is 6. The summed E-state index contributed by atoms with van der Waals surface area (Å²) in [4.78, 5) is 9.35. The molecule has 1 atom stereocenters. The normalized spacial score (nSPS) is 22.9. The summed E-state index contributed by atoms with van der Waals surface area (Å²) in [6.07, 6.45) is 7.84. The van der Waals surface area contributed by atoms with E-state index in [1.54, 1.807) is 13.3 Å². The molecule has 0 amide bonds. The van der Waals surface area contributed by atoms with Crippen LogP contribution in [0.2, 0.25) is 6.32 Å². The van der Waals surface area contributed by atoms with E-state index in [0.717, 1.165) is 47.6 Å². The fraction of sp³-hybridized carbons (Fsp3) is 0.500. The van der Waals surface area contributed by atoms with Gasteiger partial charge in [0.05, 0.1) is 7.11 Å². The summed E-state index contributed by atoms with van der Waals surface area (Å²) in [5.74, 6) is 2.43. The topological polar surface area (TPSA) is 73.7 Å². The third kappa shape index (κ3) is 2.89. The van der Waals surface area contributed by atoms with Gasteiger partial charge in [0.2, 0.25) is 0 Å². The Morgan fingerprint density at radius 1 is 1.26 bits per heavy atom. The molecular weight excluding hydrogens is 343 g/mol. The molecule has 27 heavy (non-hydrogen) atoms. The first kappa shape index (κ1) is 17.0. The number of nitrogens with zero attached hydrogens (tertiary/aromatic N) is 2. The lowest BCUT2D eigenvalue weighted by atomic mass is 9.81. The summed E-state index contributed by atoms with van der Waals surface area (Å²) in [5, 5.41) is 9.65. The zero-order valence-corrected chi connectivity index (χ0v) is 15.5. The molecule has 1 spiro atoms. The maximum Gasteiger partial charge on any atom is 0.454 e. The van der Waals surface area contributed by atoms with Crippen LogP contribution in [0.1, 0.15) is 42.9 Å². The molecule has 1 aliphatic carbocycles. The second-order valence-corrected chi connectivity index (χ2v) is 7.82. The number of aromatic nitrogens is 2. The van der Waals surface area contributed by atoms with E-state index in [-0.39, 0.29) is 11.5 Å². The predicted molar refractivity (Wildman–Crippen MR) is 101 cm³/mol. The summed E-state index contributed by atoms with van der Waals surface area (Å²) in [5.41, 5.74) is 2.98. The van der Waals surface area contributed by atoms with Crippen LogP contribution in [0.4, 0.5) is 0 Å². The Morgan fingerprint density at radius 2 is 2.11 bits per heavy atom. The average Bonchev–Trinajstić information content (AvgIpc) is 3.41. The SMILES string of the molecule is COc1ccc(-c2nccc([C@@H]3COB(O)C3)n2)c2c1OC1(CCCC1)C2. The van der Waals surface area contributed by atoms with Gasteiger partial charge in [-0.1, -0.05) is 0 Å². The van der Waals surface area contributed by atoms with Crippen molar-refractivity contribution in [3.63, 3.8) is 0 Å². The molecular formula is C20H23BN2O4. The standard InChI is InChI=1S/C20H23BN2O4/c1-25-17-5-4-14(15-10-20(27-18(15)17)7-2-3-8-20)19-22-9-6-16(23-19)13-11-21(24)26-12-13/h4-6,9,13,24H,2-3,7-8,10-12H2,1H3/t13-/m0/s1. The van der Waals surface area contributed by atoms with Crippen molar-refractivity contribution in [1.82, 2.24) is 9.97 Å². The molecule has 7 heteroatoms. The second-order valence-electron chi connectivity index (χ2n) is 7.82. The van der Waals surface area contributed by atoms with Crippen molar-refractivity contribution in [2.45, 2.75) is 49.9 Å². The van der Waals surface area contributed by atoms with Gasteiger partial charge in [-0.25, -0.2) is 9.97 Å². The van der Waals surface area contributed by atoms with E-state index >= 15 is 0 Å². The number of rotatable bonds is 3. The van der Waals surface area contributed by atoms with E-state index in [9.17, 15) is 5.02 Å². The summed E-state index contributed by atoms with van der Waals surface area (Å²) in [6, 6.07) is 5.89. The highest BCUT2D eigenvalue weighted by Crippen LogP contribution is 2.51. The molecule has 2 aliphatic heterocycles. The van der Waals surface area contributed by atoms with Crippen LogP contribution in [0.25, 0.3) is 11.4 Å². The fourth-order valence-electron chi connectivity index (χ4n) is 4.68. The largest absolute Gasteiger partial charge is 0.493 e. The highest BCUT2D eigenvalue weighted by Gasteiger charge is 2.44. The van der Waals surface area contributed by atoms with E-state index in [1.165, 1.54) is 12.8 Å². The minimum atomic E-state index is -0.700.